The van der Waals surface area contributed by atoms with E-state index in [2.05, 4.69) is 15.0 Å². The van der Waals surface area contributed by atoms with Crippen LogP contribution in [0.15, 0.2) is 30.1 Å². The van der Waals surface area contributed by atoms with Gasteiger partial charge in [-0.1, -0.05) is 0 Å². The Morgan fingerprint density at radius 3 is 2.02 bits per heavy atom. The summed E-state index contributed by atoms with van der Waals surface area (Å²) in [6.07, 6.45) is 5.03. The van der Waals surface area contributed by atoms with Crippen LogP contribution < -0.4 is 25.0 Å². The number of piperidine rings is 1. The molecule has 2 aliphatic carbocycles. The number of fused-ring (bicyclic) bond motifs is 7. The van der Waals surface area contributed by atoms with Crippen LogP contribution in [0.5, 0.6) is 23.0 Å². The lowest BCUT2D eigenvalue weighted by Crippen LogP contribution is -2.34. The molecule has 1 saturated carbocycles. The first-order valence-electron chi connectivity index (χ1n) is 17.0. The number of anilines is 2. The lowest BCUT2D eigenvalue weighted by atomic mass is 9.82. The highest BCUT2D eigenvalue weighted by molar-refractivity contribution is 6.15. The summed E-state index contributed by atoms with van der Waals surface area (Å²) in [6.45, 7) is 2.94. The van der Waals surface area contributed by atoms with Gasteiger partial charge in [0.15, 0.2) is 28.8 Å². The van der Waals surface area contributed by atoms with Crippen molar-refractivity contribution in [1.82, 2.24) is 19.9 Å². The van der Waals surface area contributed by atoms with Crippen LogP contribution in [0.3, 0.4) is 0 Å². The summed E-state index contributed by atoms with van der Waals surface area (Å²) in [7, 11) is 2.79. The monoisotopic (exact) mass is 703 g/mol. The number of amides is 4. The second-order valence-corrected chi connectivity index (χ2v) is 14.2. The molecule has 5 aromatic rings. The number of primary amides is 1. The van der Waals surface area contributed by atoms with Crippen LogP contribution in [0.4, 0.5) is 16.2 Å². The molecule has 52 heavy (non-hydrogen) atoms. The molecule has 10 rings (SSSR count). The van der Waals surface area contributed by atoms with Crippen molar-refractivity contribution < 1.29 is 38.9 Å². The van der Waals surface area contributed by atoms with E-state index in [9.17, 15) is 29.4 Å². The highest BCUT2D eigenvalue weighted by Crippen LogP contribution is 2.67. The van der Waals surface area contributed by atoms with Gasteiger partial charge >= 0.3 is 6.03 Å². The standard InChI is InChI=1S/C37H33N7O8/c1-14-25-20(12-39-14)23(45)10-24-37(25)11-15(37)13-44(24)35(49)22-9-18-16-4-6-42(28(16)30(46)32(51-2)26(18)41-22)34(48)21-8-19-17-5-7-43(36(38)50)29(17)31(47)33(52-3)27(19)40-21/h8-10,12,15,39-41,46-47H,4-7,11,13H2,1-3H3,(H2,38,50)/t15-,37?/m1/s1. The zero-order valence-electron chi connectivity index (χ0n) is 28.4. The van der Waals surface area contributed by atoms with E-state index in [0.717, 1.165) is 23.4 Å². The van der Waals surface area contributed by atoms with Crippen molar-refractivity contribution in [2.24, 2.45) is 11.7 Å². The molecule has 0 radical (unpaired) electrons. The number of phenols is 2. The molecule has 15 nitrogen and oxygen atoms in total. The summed E-state index contributed by atoms with van der Waals surface area (Å²) in [6, 6.07) is 2.66. The number of hydrogen-bond donors (Lipinski definition) is 6. The zero-order valence-corrected chi connectivity index (χ0v) is 28.4. The molecule has 7 N–H and O–H groups in total. The number of carbonyl (C=O) groups is 4. The average molecular weight is 704 g/mol. The number of methoxy groups -OCH3 is 2. The number of aromatic nitrogens is 3. The van der Waals surface area contributed by atoms with Crippen LogP contribution in [-0.4, -0.2) is 87.5 Å². The van der Waals surface area contributed by atoms with Gasteiger partial charge in [-0.15, -0.1) is 0 Å². The van der Waals surface area contributed by atoms with Crippen LogP contribution in [0.25, 0.3) is 21.8 Å². The van der Waals surface area contributed by atoms with Gasteiger partial charge in [-0.05, 0) is 60.9 Å². The van der Waals surface area contributed by atoms with Gasteiger partial charge in [-0.25, -0.2) is 4.79 Å². The second-order valence-electron chi connectivity index (χ2n) is 14.2. The smallest absolute Gasteiger partial charge is 0.319 e. The number of ether oxygens (including phenoxy) is 2. The number of aromatic amines is 3. The van der Waals surface area contributed by atoms with Gasteiger partial charge in [0.05, 0.1) is 36.6 Å². The largest absolute Gasteiger partial charge is 0.503 e. The van der Waals surface area contributed by atoms with Crippen molar-refractivity contribution in [3.63, 3.8) is 0 Å². The van der Waals surface area contributed by atoms with E-state index in [0.29, 0.717) is 57.9 Å². The Morgan fingerprint density at radius 1 is 0.885 bits per heavy atom. The summed E-state index contributed by atoms with van der Waals surface area (Å²) in [5.41, 5.74) is 11.6. The van der Waals surface area contributed by atoms with E-state index in [1.54, 1.807) is 29.3 Å². The van der Waals surface area contributed by atoms with E-state index in [-0.39, 0.29) is 81.9 Å². The van der Waals surface area contributed by atoms with Crippen molar-refractivity contribution >= 4 is 56.8 Å². The molecule has 15 heteroatoms. The number of aromatic hydroxyl groups is 2. The fourth-order valence-electron chi connectivity index (χ4n) is 9.59. The van der Waals surface area contributed by atoms with E-state index in [1.807, 2.05) is 6.92 Å². The number of phenolic OH excluding ortho intramolecular Hbond substituents is 2. The summed E-state index contributed by atoms with van der Waals surface area (Å²) in [5, 5.41) is 23.9. The second kappa shape index (κ2) is 9.90. The Labute approximate surface area is 294 Å². The molecular weight excluding hydrogens is 670 g/mol. The predicted molar refractivity (Wildman–Crippen MR) is 188 cm³/mol. The van der Waals surface area contributed by atoms with Gasteiger partial charge in [0.1, 0.15) is 11.4 Å². The van der Waals surface area contributed by atoms with Gasteiger partial charge in [-0.2, -0.15) is 0 Å². The third-order valence-electron chi connectivity index (χ3n) is 11.8. The van der Waals surface area contributed by atoms with Crippen molar-refractivity contribution in [3.05, 3.63) is 69.4 Å². The van der Waals surface area contributed by atoms with Crippen LogP contribution in [0.1, 0.15) is 60.1 Å². The van der Waals surface area contributed by atoms with Crippen molar-refractivity contribution in [2.45, 2.75) is 31.6 Å². The maximum atomic E-state index is 14.2. The SMILES string of the molecule is COc1c(O)c2c(c3cc(C(=O)N4CCc5c4c(O)c(OC)c4[nH]c(C(=O)N6C[C@H]7CC78C6=CC(=O)c6c[nH]c(C)c68)cc54)[nH]c13)CCN2C(N)=O. The lowest BCUT2D eigenvalue weighted by Gasteiger charge is -2.28. The number of rotatable bonds is 4. The number of hydrogen-bond acceptors (Lipinski definition) is 8. The molecule has 2 fully saturated rings. The van der Waals surface area contributed by atoms with Crippen LogP contribution >= 0.6 is 0 Å². The molecule has 1 saturated heterocycles. The molecule has 6 heterocycles. The summed E-state index contributed by atoms with van der Waals surface area (Å²) >= 11 is 0. The molecule has 3 aliphatic heterocycles. The predicted octanol–water partition coefficient (Wildman–Crippen LogP) is 3.85. The minimum atomic E-state index is -0.714. The molecule has 264 valence electrons. The minimum absolute atomic E-state index is 0.0665. The van der Waals surface area contributed by atoms with Crippen LogP contribution in [0.2, 0.25) is 0 Å². The molecule has 3 aromatic heterocycles. The average Bonchev–Trinajstić information content (AvgIpc) is 3.85. The first kappa shape index (κ1) is 30.4. The maximum absolute atomic E-state index is 14.2. The van der Waals surface area contributed by atoms with E-state index >= 15 is 0 Å². The number of carbonyl (C=O) groups excluding carboxylic acids is 4. The molecule has 5 aliphatic rings. The van der Waals surface area contributed by atoms with E-state index < -0.39 is 11.9 Å². The van der Waals surface area contributed by atoms with Gasteiger partial charge in [0.2, 0.25) is 0 Å². The molecule has 0 bridgehead atoms. The Balaban J connectivity index is 1.03. The first-order chi connectivity index (χ1) is 25.0. The molecule has 4 amide bonds. The number of nitrogens with two attached hydrogens (primary N) is 1. The normalized spacial score (nSPS) is 20.9. The topological polar surface area (TPSA) is 210 Å². The van der Waals surface area contributed by atoms with Crippen molar-refractivity contribution in [3.8, 4) is 23.0 Å². The summed E-state index contributed by atoms with van der Waals surface area (Å²) in [4.78, 5) is 67.6. The van der Waals surface area contributed by atoms with Gasteiger partial charge < -0.3 is 50.2 Å². The molecule has 2 atom stereocenters. The minimum Gasteiger partial charge on any atom is -0.503 e. The molecule has 1 unspecified atom stereocenters. The number of nitrogens with one attached hydrogen (secondary N) is 3. The van der Waals surface area contributed by atoms with Gasteiger partial charge in [0.25, 0.3) is 11.8 Å². The van der Waals surface area contributed by atoms with Gasteiger partial charge in [0, 0.05) is 65.0 Å². The number of allylic oxidation sites excluding steroid dienone is 2. The number of urea groups is 1. The highest BCUT2D eigenvalue weighted by atomic mass is 16.5. The number of H-pyrrole nitrogens is 3. The fourth-order valence-corrected chi connectivity index (χ4v) is 9.59. The number of benzene rings is 2. The summed E-state index contributed by atoms with van der Waals surface area (Å²) < 4.78 is 11.2. The lowest BCUT2D eigenvalue weighted by molar-refractivity contribution is 0.0806. The highest BCUT2D eigenvalue weighted by Gasteiger charge is 2.68. The zero-order chi connectivity index (χ0) is 36.1. The number of aryl methyl sites for hydroxylation is 1. The third kappa shape index (κ3) is 3.54. The summed E-state index contributed by atoms with van der Waals surface area (Å²) in [5.74, 6) is -1.01. The van der Waals surface area contributed by atoms with Crippen LogP contribution in [-0.2, 0) is 18.3 Å². The van der Waals surface area contributed by atoms with Crippen molar-refractivity contribution in [2.75, 3.05) is 43.7 Å². The van der Waals surface area contributed by atoms with Crippen LogP contribution in [0, 0.1) is 12.8 Å². The fraction of sp³-hybridized carbons (Fsp3) is 0.297. The molecule has 1 spiro atoms. The van der Waals surface area contributed by atoms with Crippen molar-refractivity contribution in [1.29, 1.82) is 0 Å². The Hall–Kier alpha value is -6.38. The Morgan fingerprint density at radius 2 is 1.44 bits per heavy atom. The Bertz CT molecular complexity index is 2570. The van der Waals surface area contributed by atoms with E-state index in [4.69, 9.17) is 15.2 Å². The quantitative estimate of drug-likeness (QED) is 0.162. The third-order valence-corrected chi connectivity index (χ3v) is 11.8. The molecular formula is C37H33N7O8. The maximum Gasteiger partial charge on any atom is 0.319 e. The number of likely N-dealkylation sites (tertiary alicyclic amines) is 1. The van der Waals surface area contributed by atoms with Gasteiger partial charge in [-0.3, -0.25) is 19.3 Å². The number of nitrogens with zero attached hydrogens (tertiary/aromatic N) is 3. The number of ketones is 1. The Kier molecular flexibility index (Phi) is 5.79. The van der Waals surface area contributed by atoms with E-state index in [1.165, 1.54) is 24.0 Å². The molecule has 2 aromatic carbocycles. The first-order valence-corrected chi connectivity index (χ1v) is 17.0.